The Bertz CT molecular complexity index is 735. The number of hydrogen-bond donors (Lipinski definition) is 1. The van der Waals surface area contributed by atoms with Gasteiger partial charge in [-0.3, -0.25) is 0 Å². The summed E-state index contributed by atoms with van der Waals surface area (Å²) in [5.74, 6) is 0. The van der Waals surface area contributed by atoms with E-state index in [0.29, 0.717) is 13.2 Å². The fraction of sp³-hybridized carbons (Fsp3) is 0.368. The average Bonchev–Trinajstić information content (AvgIpc) is 3.06. The number of rotatable bonds is 4. The maximum Gasteiger partial charge on any atom is 0.427 e. The molecule has 1 amide bonds. The van der Waals surface area contributed by atoms with Crippen LogP contribution >= 0.6 is 11.6 Å². The van der Waals surface area contributed by atoms with Crippen LogP contribution in [0.5, 0.6) is 0 Å². The predicted molar refractivity (Wildman–Crippen MR) is 102 cm³/mol. The first kappa shape index (κ1) is 18.5. The van der Waals surface area contributed by atoms with Gasteiger partial charge in [-0.2, -0.15) is 5.10 Å². The van der Waals surface area contributed by atoms with Crippen molar-refractivity contribution < 1.29 is 14.3 Å². The molecule has 3 rings (SSSR count). The van der Waals surface area contributed by atoms with Crippen molar-refractivity contribution in [2.24, 2.45) is 5.10 Å². The molecule has 0 saturated carbocycles. The molecule has 0 spiro atoms. The van der Waals surface area contributed by atoms with E-state index in [-0.39, 0.29) is 0 Å². The van der Waals surface area contributed by atoms with Gasteiger partial charge in [-0.1, -0.05) is 23.7 Å². The van der Waals surface area contributed by atoms with E-state index in [4.69, 9.17) is 16.3 Å². The maximum absolute atomic E-state index is 11.2. The Morgan fingerprint density at radius 1 is 1.27 bits per heavy atom. The summed E-state index contributed by atoms with van der Waals surface area (Å²) in [5.41, 5.74) is 7.00. The van der Waals surface area contributed by atoms with Crippen LogP contribution in [0.15, 0.2) is 46.2 Å². The van der Waals surface area contributed by atoms with E-state index in [1.807, 2.05) is 24.3 Å². The minimum absolute atomic E-state index is 0.579. The zero-order valence-corrected chi connectivity index (χ0v) is 15.5. The predicted octanol–water partition coefficient (Wildman–Crippen LogP) is 3.45. The number of methoxy groups -OCH3 is 1. The highest BCUT2D eigenvalue weighted by Crippen LogP contribution is 2.35. The molecule has 1 aromatic carbocycles. The monoisotopic (exact) mass is 375 g/mol. The molecule has 2 aliphatic rings. The van der Waals surface area contributed by atoms with Crippen molar-refractivity contribution >= 4 is 30.0 Å². The normalized spacial score (nSPS) is 19.5. The molecule has 6 nitrogen and oxygen atoms in total. The number of hydrogen-bond acceptors (Lipinski definition) is 5. The van der Waals surface area contributed by atoms with Gasteiger partial charge < -0.3 is 14.4 Å². The van der Waals surface area contributed by atoms with Crippen LogP contribution in [0.25, 0.3) is 6.08 Å². The van der Waals surface area contributed by atoms with Gasteiger partial charge in [0.05, 0.1) is 26.5 Å². The Labute approximate surface area is 158 Å². The topological polar surface area (TPSA) is 63.2 Å². The van der Waals surface area contributed by atoms with Gasteiger partial charge in [0.25, 0.3) is 0 Å². The van der Waals surface area contributed by atoms with E-state index < -0.39 is 6.09 Å². The van der Waals surface area contributed by atoms with Crippen LogP contribution in [-0.2, 0) is 9.47 Å². The third-order valence-electron chi connectivity index (χ3n) is 4.37. The number of benzene rings is 1. The van der Waals surface area contributed by atoms with E-state index >= 15 is 0 Å². The van der Waals surface area contributed by atoms with Crippen molar-refractivity contribution in [2.75, 3.05) is 33.4 Å². The fourth-order valence-electron chi connectivity index (χ4n) is 3.14. The van der Waals surface area contributed by atoms with E-state index in [9.17, 15) is 4.79 Å². The van der Waals surface area contributed by atoms with Gasteiger partial charge >= 0.3 is 6.09 Å². The Hall–Kier alpha value is -2.31. The van der Waals surface area contributed by atoms with Gasteiger partial charge in [0, 0.05) is 23.8 Å². The second-order valence-electron chi connectivity index (χ2n) is 6.06. The first-order chi connectivity index (χ1) is 12.7. The Morgan fingerprint density at radius 3 is 2.69 bits per heavy atom. The van der Waals surface area contributed by atoms with Gasteiger partial charge in [-0.25, -0.2) is 10.2 Å². The van der Waals surface area contributed by atoms with Crippen molar-refractivity contribution in [3.05, 3.63) is 51.7 Å². The fourth-order valence-corrected chi connectivity index (χ4v) is 3.27. The van der Waals surface area contributed by atoms with Crippen LogP contribution in [0, 0.1) is 0 Å². The maximum atomic E-state index is 11.2. The van der Waals surface area contributed by atoms with Crippen molar-refractivity contribution in [3.8, 4) is 0 Å². The van der Waals surface area contributed by atoms with E-state index in [1.54, 1.807) is 6.21 Å². The van der Waals surface area contributed by atoms with Crippen LogP contribution in [-0.4, -0.2) is 50.6 Å². The standard InChI is InChI=1S/C19H22ClN3O3/c1-25-19(24)22-21-13-16-5-4-15(12-14-2-6-17(20)7-3-14)18(16)23-8-10-26-11-9-23/h2-3,6-7,12-13H,4-5,8-11H2,1H3,(H,22,24)/b15-12-,21-13?. The number of nitrogens with one attached hydrogen (secondary N) is 1. The van der Waals surface area contributed by atoms with Gasteiger partial charge in [0.2, 0.25) is 0 Å². The lowest BCUT2D eigenvalue weighted by Gasteiger charge is -2.31. The lowest BCUT2D eigenvalue weighted by Crippen LogP contribution is -2.36. The highest BCUT2D eigenvalue weighted by molar-refractivity contribution is 6.30. The molecule has 0 bridgehead atoms. The van der Waals surface area contributed by atoms with Gasteiger partial charge in [-0.05, 0) is 47.8 Å². The van der Waals surface area contributed by atoms with Crippen molar-refractivity contribution in [1.29, 1.82) is 0 Å². The molecule has 7 heteroatoms. The summed E-state index contributed by atoms with van der Waals surface area (Å²) >= 11 is 5.98. The third kappa shape index (κ3) is 4.65. The zero-order chi connectivity index (χ0) is 18.4. The summed E-state index contributed by atoms with van der Waals surface area (Å²) in [6.45, 7) is 3.11. The van der Waals surface area contributed by atoms with Crippen LogP contribution in [0.2, 0.25) is 5.02 Å². The molecule has 1 saturated heterocycles. The van der Waals surface area contributed by atoms with Gasteiger partial charge in [0.1, 0.15) is 0 Å². The molecule has 0 atom stereocenters. The minimum Gasteiger partial charge on any atom is -0.452 e. The number of allylic oxidation sites excluding steroid dienone is 2. The number of nitrogens with zero attached hydrogens (tertiary/aromatic N) is 2. The molecule has 0 aromatic heterocycles. The number of ether oxygens (including phenoxy) is 2. The first-order valence-corrected chi connectivity index (χ1v) is 8.94. The molecule has 1 fully saturated rings. The molecule has 1 aliphatic heterocycles. The Kier molecular flexibility index (Phi) is 6.30. The van der Waals surface area contributed by atoms with Gasteiger partial charge in [-0.15, -0.1) is 0 Å². The number of morpholine rings is 1. The summed E-state index contributed by atoms with van der Waals surface area (Å²) in [5, 5.41) is 4.74. The number of amides is 1. The molecule has 26 heavy (non-hydrogen) atoms. The van der Waals surface area contributed by atoms with Crippen LogP contribution in [0.3, 0.4) is 0 Å². The average molecular weight is 376 g/mol. The smallest absolute Gasteiger partial charge is 0.427 e. The number of carbonyl (C=O) groups is 1. The second-order valence-corrected chi connectivity index (χ2v) is 6.49. The summed E-state index contributed by atoms with van der Waals surface area (Å²) in [4.78, 5) is 13.5. The first-order valence-electron chi connectivity index (χ1n) is 8.57. The Morgan fingerprint density at radius 2 is 2.00 bits per heavy atom. The quantitative estimate of drug-likeness (QED) is 0.646. The largest absolute Gasteiger partial charge is 0.452 e. The van der Waals surface area contributed by atoms with Crippen LogP contribution < -0.4 is 5.43 Å². The molecular weight excluding hydrogens is 354 g/mol. The Balaban J connectivity index is 1.88. The minimum atomic E-state index is -0.579. The summed E-state index contributed by atoms with van der Waals surface area (Å²) in [6, 6.07) is 7.81. The van der Waals surface area contributed by atoms with Gasteiger partial charge in [0.15, 0.2) is 0 Å². The van der Waals surface area contributed by atoms with Crippen molar-refractivity contribution in [3.63, 3.8) is 0 Å². The van der Waals surface area contributed by atoms with Crippen LogP contribution in [0.1, 0.15) is 18.4 Å². The van der Waals surface area contributed by atoms with E-state index in [0.717, 1.165) is 42.1 Å². The highest BCUT2D eigenvalue weighted by Gasteiger charge is 2.25. The molecule has 1 aromatic rings. The van der Waals surface area contributed by atoms with E-state index in [2.05, 4.69) is 26.2 Å². The summed E-state index contributed by atoms with van der Waals surface area (Å²) in [6.07, 6.45) is 5.12. The molecule has 0 unspecified atom stereocenters. The highest BCUT2D eigenvalue weighted by atomic mass is 35.5. The zero-order valence-electron chi connectivity index (χ0n) is 14.7. The van der Waals surface area contributed by atoms with Crippen molar-refractivity contribution in [2.45, 2.75) is 12.8 Å². The molecule has 1 heterocycles. The number of carbonyl (C=O) groups excluding carboxylic acids is 1. The molecule has 138 valence electrons. The van der Waals surface area contributed by atoms with Crippen molar-refractivity contribution in [1.82, 2.24) is 10.3 Å². The third-order valence-corrected chi connectivity index (χ3v) is 4.62. The number of hydrazone groups is 1. The lowest BCUT2D eigenvalue weighted by atomic mass is 10.1. The van der Waals surface area contributed by atoms with E-state index in [1.165, 1.54) is 18.4 Å². The second kappa shape index (κ2) is 8.87. The SMILES string of the molecule is COC(=O)NN=CC1=C(N2CCOCC2)/C(=C\c2ccc(Cl)cc2)CC1. The molecule has 0 radical (unpaired) electrons. The number of halogens is 1. The molecule has 1 N–H and O–H groups in total. The molecule has 1 aliphatic carbocycles. The van der Waals surface area contributed by atoms with Crippen LogP contribution in [0.4, 0.5) is 4.79 Å². The molecular formula is C19H22ClN3O3. The summed E-state index contributed by atoms with van der Waals surface area (Å²) < 4.78 is 10.0. The summed E-state index contributed by atoms with van der Waals surface area (Å²) in [7, 11) is 1.31. The lowest BCUT2D eigenvalue weighted by molar-refractivity contribution is 0.0548.